The number of carbonyl (C=O) groups excluding carboxylic acids is 1. The normalized spacial score (nSPS) is 22.8. The van der Waals surface area contributed by atoms with Crippen LogP contribution in [0.5, 0.6) is 0 Å². The first kappa shape index (κ1) is 15.0. The zero-order valence-corrected chi connectivity index (χ0v) is 12.6. The Labute approximate surface area is 120 Å². The number of aryl methyl sites for hydroxylation is 1. The first-order valence-electron chi connectivity index (χ1n) is 7.66. The SMILES string of the molecule is Cc1c(C(=O)NC2CCCCC2C)cnn1CCCN. The third kappa shape index (κ3) is 3.39. The lowest BCUT2D eigenvalue weighted by atomic mass is 9.86. The quantitative estimate of drug-likeness (QED) is 0.863. The molecule has 1 fully saturated rings. The molecule has 3 N–H and O–H groups in total. The van der Waals surface area contributed by atoms with Gasteiger partial charge in [-0.2, -0.15) is 5.10 Å². The molecule has 112 valence electrons. The van der Waals surface area contributed by atoms with Crippen molar-refractivity contribution in [2.24, 2.45) is 11.7 Å². The summed E-state index contributed by atoms with van der Waals surface area (Å²) in [6, 6.07) is 0.308. The summed E-state index contributed by atoms with van der Waals surface area (Å²) in [5, 5.41) is 7.46. The van der Waals surface area contributed by atoms with Gasteiger partial charge in [0.1, 0.15) is 0 Å². The summed E-state index contributed by atoms with van der Waals surface area (Å²) in [5.74, 6) is 0.584. The van der Waals surface area contributed by atoms with E-state index in [2.05, 4.69) is 17.3 Å². The predicted molar refractivity (Wildman–Crippen MR) is 79.5 cm³/mol. The van der Waals surface area contributed by atoms with Crippen LogP contribution in [-0.2, 0) is 6.54 Å². The first-order chi connectivity index (χ1) is 9.63. The van der Waals surface area contributed by atoms with E-state index in [4.69, 9.17) is 5.73 Å². The molecule has 0 aliphatic heterocycles. The molecule has 2 unspecified atom stereocenters. The third-order valence-electron chi connectivity index (χ3n) is 4.35. The van der Waals surface area contributed by atoms with Gasteiger partial charge in [0, 0.05) is 18.3 Å². The maximum Gasteiger partial charge on any atom is 0.254 e. The van der Waals surface area contributed by atoms with Crippen molar-refractivity contribution in [1.82, 2.24) is 15.1 Å². The topological polar surface area (TPSA) is 72.9 Å². The molecule has 0 spiro atoms. The van der Waals surface area contributed by atoms with E-state index in [1.54, 1.807) is 6.20 Å². The van der Waals surface area contributed by atoms with Crippen LogP contribution in [0.1, 0.15) is 55.1 Å². The standard InChI is InChI=1S/C15H26N4O/c1-11-6-3-4-7-14(11)18-15(20)13-10-17-19(12(13)2)9-5-8-16/h10-11,14H,3-9,16H2,1-2H3,(H,18,20). The largest absolute Gasteiger partial charge is 0.349 e. The highest BCUT2D eigenvalue weighted by Gasteiger charge is 2.24. The van der Waals surface area contributed by atoms with E-state index in [0.717, 1.165) is 25.1 Å². The van der Waals surface area contributed by atoms with E-state index in [0.29, 0.717) is 24.1 Å². The average Bonchev–Trinajstić information content (AvgIpc) is 2.80. The molecule has 2 atom stereocenters. The zero-order chi connectivity index (χ0) is 14.5. The van der Waals surface area contributed by atoms with Gasteiger partial charge in [0.25, 0.3) is 5.91 Å². The van der Waals surface area contributed by atoms with Crippen LogP contribution in [-0.4, -0.2) is 28.3 Å². The van der Waals surface area contributed by atoms with Crippen molar-refractivity contribution in [2.75, 3.05) is 6.54 Å². The molecule has 1 aromatic rings. The summed E-state index contributed by atoms with van der Waals surface area (Å²) >= 11 is 0. The van der Waals surface area contributed by atoms with Gasteiger partial charge in [0.15, 0.2) is 0 Å². The van der Waals surface area contributed by atoms with Crippen molar-refractivity contribution < 1.29 is 4.79 Å². The minimum Gasteiger partial charge on any atom is -0.349 e. The second-order valence-electron chi connectivity index (χ2n) is 5.85. The fourth-order valence-electron chi connectivity index (χ4n) is 2.91. The minimum absolute atomic E-state index is 0.0141. The monoisotopic (exact) mass is 278 g/mol. The number of rotatable bonds is 5. The summed E-state index contributed by atoms with van der Waals surface area (Å²) in [5.41, 5.74) is 7.14. The fourth-order valence-corrected chi connectivity index (χ4v) is 2.91. The summed E-state index contributed by atoms with van der Waals surface area (Å²) in [6.07, 6.45) is 7.35. The van der Waals surface area contributed by atoms with Crippen LogP contribution in [0.4, 0.5) is 0 Å². The summed E-state index contributed by atoms with van der Waals surface area (Å²) in [6.45, 7) is 5.58. The van der Waals surface area contributed by atoms with Crippen molar-refractivity contribution in [3.8, 4) is 0 Å². The Kier molecular flexibility index (Phi) is 5.17. The maximum atomic E-state index is 12.4. The van der Waals surface area contributed by atoms with Crippen LogP contribution in [0.15, 0.2) is 6.20 Å². The van der Waals surface area contributed by atoms with Gasteiger partial charge < -0.3 is 11.1 Å². The van der Waals surface area contributed by atoms with Gasteiger partial charge in [0.05, 0.1) is 11.8 Å². The molecule has 0 bridgehead atoms. The molecule has 0 saturated heterocycles. The highest BCUT2D eigenvalue weighted by Crippen LogP contribution is 2.24. The molecule has 2 rings (SSSR count). The van der Waals surface area contributed by atoms with Gasteiger partial charge in [-0.1, -0.05) is 19.8 Å². The number of nitrogens with one attached hydrogen (secondary N) is 1. The Morgan fingerprint density at radius 2 is 2.25 bits per heavy atom. The second kappa shape index (κ2) is 6.88. The zero-order valence-electron chi connectivity index (χ0n) is 12.6. The molecule has 5 nitrogen and oxygen atoms in total. The molecule has 1 heterocycles. The maximum absolute atomic E-state index is 12.4. The lowest BCUT2D eigenvalue weighted by molar-refractivity contribution is 0.0909. The Bertz CT molecular complexity index is 455. The lowest BCUT2D eigenvalue weighted by Crippen LogP contribution is -2.41. The molecule has 0 aromatic carbocycles. The second-order valence-corrected chi connectivity index (χ2v) is 5.85. The van der Waals surface area contributed by atoms with Crippen molar-refractivity contribution in [1.29, 1.82) is 0 Å². The number of carbonyl (C=O) groups is 1. The fraction of sp³-hybridized carbons (Fsp3) is 0.733. The van der Waals surface area contributed by atoms with E-state index < -0.39 is 0 Å². The van der Waals surface area contributed by atoms with E-state index in [9.17, 15) is 4.79 Å². The van der Waals surface area contributed by atoms with E-state index in [1.807, 2.05) is 11.6 Å². The Balaban J connectivity index is 2.00. The molecule has 0 radical (unpaired) electrons. The summed E-state index contributed by atoms with van der Waals surface area (Å²) in [7, 11) is 0. The molecule has 1 aromatic heterocycles. The van der Waals surface area contributed by atoms with E-state index in [-0.39, 0.29) is 5.91 Å². The molecule has 5 heteroatoms. The van der Waals surface area contributed by atoms with E-state index >= 15 is 0 Å². The van der Waals surface area contributed by atoms with Crippen molar-refractivity contribution in [3.63, 3.8) is 0 Å². The van der Waals surface area contributed by atoms with Gasteiger partial charge in [-0.15, -0.1) is 0 Å². The Morgan fingerprint density at radius 1 is 1.50 bits per heavy atom. The molecule has 1 aliphatic rings. The van der Waals surface area contributed by atoms with Gasteiger partial charge in [-0.3, -0.25) is 9.48 Å². The number of nitrogens with two attached hydrogens (primary N) is 1. The summed E-state index contributed by atoms with van der Waals surface area (Å²) in [4.78, 5) is 12.4. The van der Waals surface area contributed by atoms with Gasteiger partial charge in [-0.25, -0.2) is 0 Å². The van der Waals surface area contributed by atoms with Crippen molar-refractivity contribution in [3.05, 3.63) is 17.5 Å². The van der Waals surface area contributed by atoms with Crippen LogP contribution in [0.3, 0.4) is 0 Å². The van der Waals surface area contributed by atoms with Crippen molar-refractivity contribution in [2.45, 2.75) is 58.5 Å². The minimum atomic E-state index is 0.0141. The molecule has 1 amide bonds. The average molecular weight is 278 g/mol. The van der Waals surface area contributed by atoms with Crippen LogP contribution in [0.25, 0.3) is 0 Å². The molecular formula is C15H26N4O. The number of amides is 1. The molecular weight excluding hydrogens is 252 g/mol. The predicted octanol–water partition coefficient (Wildman–Crippen LogP) is 1.85. The van der Waals surface area contributed by atoms with E-state index in [1.165, 1.54) is 19.3 Å². The number of aromatic nitrogens is 2. The van der Waals surface area contributed by atoms with Crippen LogP contribution >= 0.6 is 0 Å². The van der Waals surface area contributed by atoms with Gasteiger partial charge in [0.2, 0.25) is 0 Å². The third-order valence-corrected chi connectivity index (χ3v) is 4.35. The Morgan fingerprint density at radius 3 is 2.95 bits per heavy atom. The number of hydrogen-bond donors (Lipinski definition) is 2. The number of nitrogens with zero attached hydrogens (tertiary/aromatic N) is 2. The van der Waals surface area contributed by atoms with Gasteiger partial charge in [-0.05, 0) is 38.6 Å². The first-order valence-corrected chi connectivity index (χ1v) is 7.66. The van der Waals surface area contributed by atoms with Crippen LogP contribution in [0.2, 0.25) is 0 Å². The molecule has 1 saturated carbocycles. The van der Waals surface area contributed by atoms with Crippen molar-refractivity contribution >= 4 is 5.91 Å². The molecule has 20 heavy (non-hydrogen) atoms. The smallest absolute Gasteiger partial charge is 0.254 e. The molecule has 1 aliphatic carbocycles. The highest BCUT2D eigenvalue weighted by atomic mass is 16.1. The summed E-state index contributed by atoms with van der Waals surface area (Å²) < 4.78 is 1.87. The van der Waals surface area contributed by atoms with Crippen LogP contribution < -0.4 is 11.1 Å². The number of hydrogen-bond acceptors (Lipinski definition) is 3. The highest BCUT2D eigenvalue weighted by molar-refractivity contribution is 5.95. The van der Waals surface area contributed by atoms with Crippen LogP contribution in [0, 0.1) is 12.8 Å². The lowest BCUT2D eigenvalue weighted by Gasteiger charge is -2.29. The van der Waals surface area contributed by atoms with Gasteiger partial charge >= 0.3 is 0 Å². The Hall–Kier alpha value is -1.36.